The number of carbonyl (C=O) groups excluding carboxylic acids is 1. The van der Waals surface area contributed by atoms with Crippen LogP contribution in [0.25, 0.3) is 0 Å². The topological polar surface area (TPSA) is 54.9 Å². The van der Waals surface area contributed by atoms with Crippen LogP contribution in [0, 0.1) is 6.92 Å². The van der Waals surface area contributed by atoms with E-state index in [1.54, 1.807) is 18.3 Å². The maximum absolute atomic E-state index is 11.7. The summed E-state index contributed by atoms with van der Waals surface area (Å²) < 4.78 is 4.07. The predicted octanol–water partition coefficient (Wildman–Crippen LogP) is 2.10. The van der Waals surface area contributed by atoms with Gasteiger partial charge >= 0.3 is 0 Å². The molecule has 5 heteroatoms. The minimum Gasteiger partial charge on any atom is -0.312 e. The molecule has 4 nitrogen and oxygen atoms in total. The Balaban J connectivity index is 2.11. The van der Waals surface area contributed by atoms with Crippen molar-refractivity contribution in [1.82, 2.24) is 9.36 Å². The van der Waals surface area contributed by atoms with Crippen LogP contribution in [-0.2, 0) is 0 Å². The molecule has 1 N–H and O–H groups in total. The number of carbonyl (C=O) groups is 1. The Hall–Kier alpha value is -1.75. The van der Waals surface area contributed by atoms with E-state index in [-0.39, 0.29) is 5.91 Å². The van der Waals surface area contributed by atoms with Crippen LogP contribution in [0.5, 0.6) is 0 Å². The summed E-state index contributed by atoms with van der Waals surface area (Å²) in [5.74, 6) is -0.160. The van der Waals surface area contributed by atoms with Crippen molar-refractivity contribution >= 4 is 22.4 Å². The summed E-state index contributed by atoms with van der Waals surface area (Å²) >= 11 is 1.27. The number of nitrogens with zero attached hydrogens (tertiary/aromatic N) is 2. The Morgan fingerprint density at radius 2 is 2.40 bits per heavy atom. The molecule has 76 valence electrons. The smallest absolute Gasteiger partial charge is 0.257 e. The molecule has 2 aromatic heterocycles. The van der Waals surface area contributed by atoms with Gasteiger partial charge in [-0.1, -0.05) is 0 Å². The summed E-state index contributed by atoms with van der Waals surface area (Å²) in [7, 11) is 0. The van der Waals surface area contributed by atoms with Crippen molar-refractivity contribution in [3.63, 3.8) is 0 Å². The zero-order chi connectivity index (χ0) is 10.7. The van der Waals surface area contributed by atoms with Crippen LogP contribution in [0.1, 0.15) is 16.1 Å². The number of anilines is 1. The number of hydrogen-bond donors (Lipinski definition) is 1. The lowest BCUT2D eigenvalue weighted by Crippen LogP contribution is -2.10. The van der Waals surface area contributed by atoms with Crippen molar-refractivity contribution in [2.75, 3.05) is 5.32 Å². The summed E-state index contributed by atoms with van der Waals surface area (Å²) in [4.78, 5) is 15.5. The maximum Gasteiger partial charge on any atom is 0.257 e. The molecule has 0 spiro atoms. The van der Waals surface area contributed by atoms with Crippen molar-refractivity contribution in [1.29, 1.82) is 0 Å². The van der Waals surface area contributed by atoms with E-state index < -0.39 is 0 Å². The van der Waals surface area contributed by atoms with Crippen molar-refractivity contribution in [3.8, 4) is 0 Å². The molecule has 0 saturated carbocycles. The molecule has 0 radical (unpaired) electrons. The number of rotatable bonds is 2. The fraction of sp³-hybridized carbons (Fsp3) is 0.100. The molecule has 0 saturated heterocycles. The van der Waals surface area contributed by atoms with Crippen LogP contribution in [0.2, 0.25) is 0 Å². The second-order valence-electron chi connectivity index (χ2n) is 3.03. The molecule has 0 aromatic carbocycles. The van der Waals surface area contributed by atoms with E-state index in [2.05, 4.69) is 14.7 Å². The first kappa shape index (κ1) is 9.79. The van der Waals surface area contributed by atoms with E-state index in [1.807, 2.05) is 13.0 Å². The van der Waals surface area contributed by atoms with Crippen LogP contribution in [-0.4, -0.2) is 15.3 Å². The molecular formula is C10H9N3OS. The summed E-state index contributed by atoms with van der Waals surface area (Å²) in [5.41, 5.74) is 1.45. The second kappa shape index (κ2) is 4.18. The first-order chi connectivity index (χ1) is 7.25. The van der Waals surface area contributed by atoms with E-state index in [0.29, 0.717) is 5.56 Å². The van der Waals surface area contributed by atoms with E-state index >= 15 is 0 Å². The molecule has 0 fully saturated rings. The molecule has 1 amide bonds. The third-order valence-electron chi connectivity index (χ3n) is 1.79. The van der Waals surface area contributed by atoms with Gasteiger partial charge in [0.1, 0.15) is 5.00 Å². The summed E-state index contributed by atoms with van der Waals surface area (Å²) in [6.07, 6.45) is 3.16. The second-order valence-corrected chi connectivity index (χ2v) is 3.83. The Labute approximate surface area is 91.2 Å². The molecule has 0 aliphatic rings. The fourth-order valence-corrected chi connectivity index (χ4v) is 1.76. The Morgan fingerprint density at radius 1 is 1.53 bits per heavy atom. The van der Waals surface area contributed by atoms with E-state index in [0.717, 1.165) is 10.7 Å². The summed E-state index contributed by atoms with van der Waals surface area (Å²) in [6.45, 7) is 1.89. The highest BCUT2D eigenvalue weighted by Crippen LogP contribution is 2.16. The minimum absolute atomic E-state index is 0.160. The number of amides is 1. The zero-order valence-corrected chi connectivity index (χ0v) is 8.91. The van der Waals surface area contributed by atoms with Crippen molar-refractivity contribution < 1.29 is 4.79 Å². The molecule has 0 atom stereocenters. The first-order valence-corrected chi connectivity index (χ1v) is 5.18. The van der Waals surface area contributed by atoms with Crippen molar-refractivity contribution in [2.45, 2.75) is 6.92 Å². The standard InChI is InChI=1S/C10H9N3OS/c1-7-5-9(15-13-7)12-10(14)8-3-2-4-11-6-8/h2-6H,1H3,(H,12,14). The minimum atomic E-state index is -0.160. The van der Waals surface area contributed by atoms with Gasteiger partial charge in [-0.25, -0.2) is 0 Å². The van der Waals surface area contributed by atoms with Gasteiger partial charge in [-0.2, -0.15) is 4.37 Å². The van der Waals surface area contributed by atoms with Gasteiger partial charge in [0.25, 0.3) is 5.91 Å². The van der Waals surface area contributed by atoms with Gasteiger partial charge in [0.05, 0.1) is 11.3 Å². The number of nitrogens with one attached hydrogen (secondary N) is 1. The molecule has 2 aromatic rings. The third kappa shape index (κ3) is 2.38. The molecule has 0 aliphatic heterocycles. The van der Waals surface area contributed by atoms with Crippen molar-refractivity contribution in [3.05, 3.63) is 41.9 Å². The quantitative estimate of drug-likeness (QED) is 0.841. The molecule has 0 unspecified atom stereocenters. The van der Waals surface area contributed by atoms with E-state index in [9.17, 15) is 4.79 Å². The highest BCUT2D eigenvalue weighted by Gasteiger charge is 2.06. The van der Waals surface area contributed by atoms with Gasteiger partial charge in [0.15, 0.2) is 0 Å². The van der Waals surface area contributed by atoms with Crippen LogP contribution in [0.15, 0.2) is 30.6 Å². The van der Waals surface area contributed by atoms with Crippen LogP contribution < -0.4 is 5.32 Å². The SMILES string of the molecule is Cc1cc(NC(=O)c2cccnc2)sn1. The van der Waals surface area contributed by atoms with Gasteiger partial charge in [-0.05, 0) is 36.7 Å². The van der Waals surface area contributed by atoms with Gasteiger partial charge < -0.3 is 5.32 Å². The normalized spacial score (nSPS) is 9.93. The third-order valence-corrected chi connectivity index (χ3v) is 2.58. The van der Waals surface area contributed by atoms with E-state index in [4.69, 9.17) is 0 Å². The highest BCUT2D eigenvalue weighted by atomic mass is 32.1. The number of aryl methyl sites for hydroxylation is 1. The largest absolute Gasteiger partial charge is 0.312 e. The number of aromatic nitrogens is 2. The average Bonchev–Trinajstić information content (AvgIpc) is 2.65. The number of hydrogen-bond acceptors (Lipinski definition) is 4. The lowest BCUT2D eigenvalue weighted by Gasteiger charge is -1.99. The molecular weight excluding hydrogens is 210 g/mol. The first-order valence-electron chi connectivity index (χ1n) is 4.40. The lowest BCUT2D eigenvalue weighted by atomic mass is 10.3. The summed E-state index contributed by atoms with van der Waals surface area (Å²) in [6, 6.07) is 5.28. The monoisotopic (exact) mass is 219 g/mol. The average molecular weight is 219 g/mol. The molecule has 0 bridgehead atoms. The Bertz CT molecular complexity index is 467. The highest BCUT2D eigenvalue weighted by molar-refractivity contribution is 7.10. The van der Waals surface area contributed by atoms with Gasteiger partial charge in [-0.3, -0.25) is 9.78 Å². The van der Waals surface area contributed by atoms with E-state index in [1.165, 1.54) is 17.7 Å². The molecule has 2 rings (SSSR count). The summed E-state index contributed by atoms with van der Waals surface area (Å²) in [5, 5.41) is 3.51. The van der Waals surface area contributed by atoms with Crippen LogP contribution >= 0.6 is 11.5 Å². The van der Waals surface area contributed by atoms with Gasteiger partial charge in [0.2, 0.25) is 0 Å². The Kier molecular flexibility index (Phi) is 2.73. The zero-order valence-electron chi connectivity index (χ0n) is 8.10. The van der Waals surface area contributed by atoms with Gasteiger partial charge in [0, 0.05) is 12.4 Å². The molecule has 0 aliphatic carbocycles. The Morgan fingerprint density at radius 3 is 3.00 bits per heavy atom. The lowest BCUT2D eigenvalue weighted by molar-refractivity contribution is 0.102. The van der Waals surface area contributed by atoms with Crippen molar-refractivity contribution in [2.24, 2.45) is 0 Å². The predicted molar refractivity (Wildman–Crippen MR) is 59.0 cm³/mol. The van der Waals surface area contributed by atoms with Gasteiger partial charge in [-0.15, -0.1) is 0 Å². The molecule has 2 heterocycles. The fourth-order valence-electron chi connectivity index (χ4n) is 1.10. The maximum atomic E-state index is 11.7. The number of pyridine rings is 1. The van der Waals surface area contributed by atoms with Crippen LogP contribution in [0.4, 0.5) is 5.00 Å². The molecule has 15 heavy (non-hydrogen) atoms. The van der Waals surface area contributed by atoms with Crippen LogP contribution in [0.3, 0.4) is 0 Å².